The summed E-state index contributed by atoms with van der Waals surface area (Å²) in [6, 6.07) is 31.6. The van der Waals surface area contributed by atoms with E-state index in [0.717, 1.165) is 49.9 Å². The molecule has 0 bridgehead atoms. The van der Waals surface area contributed by atoms with Crippen LogP contribution < -0.4 is 0 Å². The fraction of sp³-hybridized carbons (Fsp3) is 0.143. The monoisotopic (exact) mass is 606 g/mol. The van der Waals surface area contributed by atoms with Crippen LogP contribution in [0.3, 0.4) is 0 Å². The maximum Gasteiger partial charge on any atom is 0.175 e. The third-order valence-corrected chi connectivity index (χ3v) is 9.66. The second-order valence-electron chi connectivity index (χ2n) is 11.1. The number of fused-ring (bicyclic) bond motifs is 1. The number of nitrogens with zero attached hydrogens (tertiary/aromatic N) is 2. The van der Waals surface area contributed by atoms with Crippen LogP contribution in [-0.2, 0) is 25.1 Å². The normalized spacial score (nSPS) is 12.1. The molecule has 1 heterocycles. The number of pyridine rings is 1. The summed E-state index contributed by atoms with van der Waals surface area (Å²) in [5.41, 5.74) is 6.07. The van der Waals surface area contributed by atoms with Crippen LogP contribution in [0.25, 0.3) is 33.7 Å². The zero-order chi connectivity index (χ0) is 31.0. The van der Waals surface area contributed by atoms with Crippen molar-refractivity contribution in [2.45, 2.75) is 29.1 Å². The molecule has 216 valence electrons. The van der Waals surface area contributed by atoms with Gasteiger partial charge in [-0.2, -0.15) is 5.26 Å². The van der Waals surface area contributed by atoms with E-state index in [0.29, 0.717) is 0 Å². The standard InChI is InChI=1S/C35H30N2O4S2/c1-35(2,23-36)29-21-28-9-6-18-37-34(28)33(22-29)27-8-5-7-24(19-27)20-32(25-10-14-30(15-11-25)42(3,38)39)26-12-16-31(17-13-26)43(4,40)41/h5-22H,1-4H3. The van der Waals surface area contributed by atoms with Gasteiger partial charge in [0.1, 0.15) is 0 Å². The lowest BCUT2D eigenvalue weighted by molar-refractivity contribution is 0.600. The van der Waals surface area contributed by atoms with Crippen molar-refractivity contribution in [1.82, 2.24) is 4.98 Å². The predicted molar refractivity (Wildman–Crippen MR) is 172 cm³/mol. The quantitative estimate of drug-likeness (QED) is 0.183. The van der Waals surface area contributed by atoms with Crippen LogP contribution in [0.2, 0.25) is 0 Å². The van der Waals surface area contributed by atoms with Crippen LogP contribution in [0.15, 0.2) is 113 Å². The van der Waals surface area contributed by atoms with Crippen LogP contribution in [0.4, 0.5) is 0 Å². The van der Waals surface area contributed by atoms with E-state index in [4.69, 9.17) is 0 Å². The van der Waals surface area contributed by atoms with E-state index in [1.54, 1.807) is 54.7 Å². The van der Waals surface area contributed by atoms with Crippen molar-refractivity contribution in [2.24, 2.45) is 0 Å². The summed E-state index contributed by atoms with van der Waals surface area (Å²) in [6.07, 6.45) is 6.08. The minimum absolute atomic E-state index is 0.213. The highest BCUT2D eigenvalue weighted by Gasteiger charge is 2.22. The van der Waals surface area contributed by atoms with E-state index in [-0.39, 0.29) is 9.79 Å². The van der Waals surface area contributed by atoms with Crippen molar-refractivity contribution >= 4 is 42.2 Å². The number of aromatic nitrogens is 1. The van der Waals surface area contributed by atoms with Gasteiger partial charge in [-0.3, -0.25) is 4.98 Å². The van der Waals surface area contributed by atoms with E-state index < -0.39 is 25.1 Å². The Labute approximate surface area is 252 Å². The van der Waals surface area contributed by atoms with Gasteiger partial charge >= 0.3 is 0 Å². The molecule has 0 saturated heterocycles. The molecular weight excluding hydrogens is 577 g/mol. The molecule has 0 fully saturated rings. The van der Waals surface area contributed by atoms with Gasteiger partial charge in [-0.15, -0.1) is 0 Å². The average molecular weight is 607 g/mol. The predicted octanol–water partition coefficient (Wildman–Crippen LogP) is 7.10. The molecule has 0 radical (unpaired) electrons. The Kier molecular flexibility index (Phi) is 7.82. The third kappa shape index (κ3) is 6.43. The smallest absolute Gasteiger partial charge is 0.175 e. The molecule has 0 N–H and O–H groups in total. The topological polar surface area (TPSA) is 105 Å². The first kappa shape index (κ1) is 29.9. The fourth-order valence-electron chi connectivity index (χ4n) is 4.90. The van der Waals surface area contributed by atoms with Crippen LogP contribution >= 0.6 is 0 Å². The first-order chi connectivity index (χ1) is 20.3. The third-order valence-electron chi connectivity index (χ3n) is 7.40. The van der Waals surface area contributed by atoms with E-state index in [1.807, 2.05) is 68.5 Å². The van der Waals surface area contributed by atoms with Gasteiger partial charge in [-0.25, -0.2) is 16.8 Å². The molecule has 0 aliphatic carbocycles. The molecular formula is C35H30N2O4S2. The van der Waals surface area contributed by atoms with Crippen LogP contribution in [0.1, 0.15) is 36.1 Å². The van der Waals surface area contributed by atoms with Crippen molar-refractivity contribution in [3.05, 3.63) is 126 Å². The molecule has 5 aromatic rings. The molecule has 0 atom stereocenters. The lowest BCUT2D eigenvalue weighted by Gasteiger charge is -2.19. The minimum Gasteiger partial charge on any atom is -0.256 e. The Morgan fingerprint density at radius 1 is 0.767 bits per heavy atom. The van der Waals surface area contributed by atoms with Crippen LogP contribution in [0, 0.1) is 11.3 Å². The molecule has 0 aliphatic heterocycles. The zero-order valence-electron chi connectivity index (χ0n) is 24.2. The van der Waals surface area contributed by atoms with E-state index in [2.05, 4.69) is 11.1 Å². The highest BCUT2D eigenvalue weighted by molar-refractivity contribution is 7.91. The summed E-state index contributed by atoms with van der Waals surface area (Å²) in [6.45, 7) is 3.79. The Bertz CT molecular complexity index is 2060. The van der Waals surface area contributed by atoms with Crippen LogP contribution in [0.5, 0.6) is 0 Å². The molecule has 5 rings (SSSR count). The largest absolute Gasteiger partial charge is 0.256 e. The fourth-order valence-corrected chi connectivity index (χ4v) is 6.16. The molecule has 43 heavy (non-hydrogen) atoms. The van der Waals surface area contributed by atoms with Gasteiger partial charge in [0.05, 0.1) is 26.8 Å². The Morgan fingerprint density at radius 3 is 1.88 bits per heavy atom. The van der Waals surface area contributed by atoms with Gasteiger partial charge in [0.25, 0.3) is 0 Å². The molecule has 0 spiro atoms. The summed E-state index contributed by atoms with van der Waals surface area (Å²) < 4.78 is 48.3. The van der Waals surface area contributed by atoms with Crippen molar-refractivity contribution in [1.29, 1.82) is 5.26 Å². The Hall–Kier alpha value is -4.58. The first-order valence-corrected chi connectivity index (χ1v) is 17.3. The highest BCUT2D eigenvalue weighted by atomic mass is 32.2. The Morgan fingerprint density at radius 2 is 1.35 bits per heavy atom. The summed E-state index contributed by atoms with van der Waals surface area (Å²) in [7, 11) is -6.75. The summed E-state index contributed by atoms with van der Waals surface area (Å²) in [5, 5.41) is 10.8. The zero-order valence-corrected chi connectivity index (χ0v) is 25.9. The molecule has 0 aliphatic rings. The van der Waals surface area contributed by atoms with Gasteiger partial charge in [0.2, 0.25) is 0 Å². The number of rotatable bonds is 7. The molecule has 0 amide bonds. The summed E-state index contributed by atoms with van der Waals surface area (Å²) in [4.78, 5) is 5.08. The molecule has 4 aromatic carbocycles. The van der Waals surface area contributed by atoms with Gasteiger partial charge in [-0.1, -0.05) is 48.5 Å². The lowest BCUT2D eigenvalue weighted by Crippen LogP contribution is -2.14. The lowest BCUT2D eigenvalue weighted by atomic mass is 9.83. The number of benzene rings is 4. The van der Waals surface area contributed by atoms with Crippen molar-refractivity contribution in [2.75, 3.05) is 12.5 Å². The van der Waals surface area contributed by atoms with E-state index in [1.165, 1.54) is 12.5 Å². The number of hydrogen-bond donors (Lipinski definition) is 0. The summed E-state index contributed by atoms with van der Waals surface area (Å²) in [5.74, 6) is 0. The minimum atomic E-state index is -3.37. The van der Waals surface area contributed by atoms with Crippen molar-refractivity contribution in [3.63, 3.8) is 0 Å². The number of hydrogen-bond acceptors (Lipinski definition) is 6. The summed E-state index contributed by atoms with van der Waals surface area (Å²) >= 11 is 0. The van der Waals surface area contributed by atoms with Crippen molar-refractivity contribution in [3.8, 4) is 17.2 Å². The second-order valence-corrected chi connectivity index (χ2v) is 15.1. The Balaban J connectivity index is 1.68. The van der Waals surface area contributed by atoms with Gasteiger partial charge in [0.15, 0.2) is 19.7 Å². The molecule has 1 aromatic heterocycles. The van der Waals surface area contributed by atoms with Gasteiger partial charge in [0, 0.05) is 29.7 Å². The van der Waals surface area contributed by atoms with E-state index >= 15 is 0 Å². The first-order valence-electron chi connectivity index (χ1n) is 13.5. The second kappa shape index (κ2) is 11.3. The highest BCUT2D eigenvalue weighted by Crippen LogP contribution is 2.35. The number of nitriles is 1. The SMILES string of the molecule is CC(C)(C#N)c1cc(-c2cccc(C=C(c3ccc(S(C)(=O)=O)cc3)c3ccc(S(C)(=O)=O)cc3)c2)c2ncccc2c1. The molecule has 0 unspecified atom stereocenters. The number of sulfone groups is 2. The molecule has 6 nitrogen and oxygen atoms in total. The van der Waals surface area contributed by atoms with Crippen molar-refractivity contribution < 1.29 is 16.8 Å². The van der Waals surface area contributed by atoms with Gasteiger partial charge < -0.3 is 0 Å². The van der Waals surface area contributed by atoms with E-state index in [9.17, 15) is 22.1 Å². The average Bonchev–Trinajstić information content (AvgIpc) is 2.98. The molecule has 0 saturated carbocycles. The van der Waals surface area contributed by atoms with Crippen LogP contribution in [-0.4, -0.2) is 34.3 Å². The molecule has 8 heteroatoms. The van der Waals surface area contributed by atoms with Gasteiger partial charge in [-0.05, 0) is 102 Å². The maximum atomic E-state index is 12.1. The maximum absolute atomic E-state index is 12.1.